The lowest BCUT2D eigenvalue weighted by atomic mass is 10.1. The van der Waals surface area contributed by atoms with Crippen LogP contribution in [0, 0.1) is 18.3 Å². The number of anilines is 2. The number of fused-ring (bicyclic) bond motifs is 1. The number of aromatic nitrogens is 2. The Morgan fingerprint density at radius 1 is 1.17 bits per heavy atom. The van der Waals surface area contributed by atoms with Crippen molar-refractivity contribution in [3.8, 4) is 6.07 Å². The minimum Gasteiger partial charge on any atom is -0.353 e. The summed E-state index contributed by atoms with van der Waals surface area (Å²) in [6, 6.07) is 16.3. The van der Waals surface area contributed by atoms with Crippen molar-refractivity contribution in [3.05, 3.63) is 59.3 Å². The minimum atomic E-state index is 0.304. The molecule has 0 spiro atoms. The minimum absolute atomic E-state index is 0.304. The van der Waals surface area contributed by atoms with Gasteiger partial charge >= 0.3 is 0 Å². The number of hydrogen-bond donors (Lipinski definition) is 1. The van der Waals surface area contributed by atoms with E-state index in [2.05, 4.69) is 40.0 Å². The van der Waals surface area contributed by atoms with Crippen LogP contribution in [0.2, 0.25) is 0 Å². The van der Waals surface area contributed by atoms with E-state index in [0.29, 0.717) is 11.4 Å². The van der Waals surface area contributed by atoms with E-state index in [1.54, 1.807) is 11.8 Å². The number of nitrogens with one attached hydrogen (secondary N) is 1. The van der Waals surface area contributed by atoms with Crippen molar-refractivity contribution in [1.82, 2.24) is 10.2 Å². The van der Waals surface area contributed by atoms with Gasteiger partial charge in [-0.1, -0.05) is 23.8 Å². The lowest BCUT2D eigenvalue weighted by molar-refractivity contribution is 1.05. The lowest BCUT2D eigenvalue weighted by Crippen LogP contribution is -2.00. The molecular formula is C18H16N4S. The number of benzene rings is 2. The first kappa shape index (κ1) is 15.3. The number of nitrogens with zero attached hydrogens (tertiary/aromatic N) is 3. The maximum absolute atomic E-state index is 9.37. The largest absolute Gasteiger partial charge is 0.353 e. The average Bonchev–Trinajstić information content (AvgIpc) is 2.56. The van der Waals surface area contributed by atoms with Crippen LogP contribution in [0.1, 0.15) is 16.8 Å². The fourth-order valence-electron chi connectivity index (χ4n) is 2.47. The van der Waals surface area contributed by atoms with E-state index in [1.807, 2.05) is 37.3 Å². The van der Waals surface area contributed by atoms with Gasteiger partial charge in [0, 0.05) is 16.8 Å². The molecule has 0 unspecified atom stereocenters. The first-order valence-electron chi connectivity index (χ1n) is 7.23. The van der Waals surface area contributed by atoms with Crippen molar-refractivity contribution in [2.24, 2.45) is 0 Å². The molecule has 5 heteroatoms. The Kier molecular flexibility index (Phi) is 4.45. The highest BCUT2D eigenvalue weighted by molar-refractivity contribution is 7.97. The normalized spacial score (nSPS) is 10.5. The molecule has 0 saturated carbocycles. The molecule has 3 aromatic rings. The maximum atomic E-state index is 9.37. The van der Waals surface area contributed by atoms with Crippen molar-refractivity contribution < 1.29 is 0 Å². The van der Waals surface area contributed by atoms with E-state index in [1.165, 1.54) is 5.56 Å². The third-order valence-electron chi connectivity index (χ3n) is 3.53. The highest BCUT2D eigenvalue weighted by Crippen LogP contribution is 2.28. The summed E-state index contributed by atoms with van der Waals surface area (Å²) in [6.45, 7) is 2.02. The van der Waals surface area contributed by atoms with Crippen LogP contribution in [0.25, 0.3) is 10.9 Å². The Bertz CT molecular complexity index is 899. The van der Waals surface area contributed by atoms with Crippen LogP contribution in [0.3, 0.4) is 0 Å². The molecule has 1 heterocycles. The summed E-state index contributed by atoms with van der Waals surface area (Å²) in [6.07, 6.45) is 2.08. The second-order valence-electron chi connectivity index (χ2n) is 5.31. The highest BCUT2D eigenvalue weighted by Gasteiger charge is 2.11. The molecular weight excluding hydrogens is 304 g/mol. The molecule has 0 saturated heterocycles. The van der Waals surface area contributed by atoms with Crippen LogP contribution in [0.4, 0.5) is 11.4 Å². The molecule has 0 atom stereocenters. The average molecular weight is 320 g/mol. The molecule has 23 heavy (non-hydrogen) atoms. The fraction of sp³-hybridized carbons (Fsp3) is 0.167. The smallest absolute Gasteiger partial charge is 0.187 e. The zero-order valence-corrected chi connectivity index (χ0v) is 13.8. The summed E-state index contributed by atoms with van der Waals surface area (Å²) in [7, 11) is 0. The Labute approximate surface area is 139 Å². The number of rotatable bonds is 4. The zero-order valence-electron chi connectivity index (χ0n) is 13.0. The SMILES string of the molecule is CSCc1cccc(Nc2c(C#N)nnc3ccc(C)cc23)c1. The number of aryl methyl sites for hydroxylation is 1. The third kappa shape index (κ3) is 3.27. The number of thioether (sulfide) groups is 1. The third-order valence-corrected chi connectivity index (χ3v) is 4.15. The molecule has 114 valence electrons. The quantitative estimate of drug-likeness (QED) is 0.771. The molecule has 0 fully saturated rings. The van der Waals surface area contributed by atoms with Crippen LogP contribution in [-0.4, -0.2) is 16.5 Å². The monoisotopic (exact) mass is 320 g/mol. The predicted octanol–water partition coefficient (Wildman–Crippen LogP) is 4.42. The Balaban J connectivity index is 2.10. The molecule has 3 rings (SSSR count). The summed E-state index contributed by atoms with van der Waals surface area (Å²) in [5.74, 6) is 0.953. The zero-order chi connectivity index (χ0) is 16.2. The summed E-state index contributed by atoms with van der Waals surface area (Å²) < 4.78 is 0. The Morgan fingerprint density at radius 3 is 2.83 bits per heavy atom. The molecule has 0 bridgehead atoms. The lowest BCUT2D eigenvalue weighted by Gasteiger charge is -2.12. The van der Waals surface area contributed by atoms with Crippen molar-refractivity contribution >= 4 is 34.0 Å². The van der Waals surface area contributed by atoms with Gasteiger partial charge in [0.05, 0.1) is 11.2 Å². The van der Waals surface area contributed by atoms with Gasteiger partial charge in [-0.15, -0.1) is 10.2 Å². The van der Waals surface area contributed by atoms with E-state index >= 15 is 0 Å². The summed E-state index contributed by atoms with van der Waals surface area (Å²) in [5.41, 5.74) is 5.10. The topological polar surface area (TPSA) is 61.6 Å². The molecule has 0 aliphatic rings. The van der Waals surface area contributed by atoms with Gasteiger partial charge in [-0.2, -0.15) is 17.0 Å². The van der Waals surface area contributed by atoms with Gasteiger partial charge in [0.25, 0.3) is 0 Å². The van der Waals surface area contributed by atoms with Crippen LogP contribution in [-0.2, 0) is 5.75 Å². The molecule has 0 aliphatic heterocycles. The van der Waals surface area contributed by atoms with Crippen LogP contribution in [0.15, 0.2) is 42.5 Å². The number of nitriles is 1. The standard InChI is InChI=1S/C18H16N4S/c1-12-6-7-16-15(8-12)18(17(10-19)22-21-16)20-14-5-3-4-13(9-14)11-23-2/h3-9H,11H2,1-2H3,(H,20,21). The van der Waals surface area contributed by atoms with Crippen molar-refractivity contribution in [2.45, 2.75) is 12.7 Å². The van der Waals surface area contributed by atoms with Crippen LogP contribution < -0.4 is 5.32 Å². The van der Waals surface area contributed by atoms with Gasteiger partial charge in [-0.05, 0) is 43.0 Å². The molecule has 1 aromatic heterocycles. The Hall–Kier alpha value is -2.58. The highest BCUT2D eigenvalue weighted by atomic mass is 32.2. The molecule has 1 N–H and O–H groups in total. The van der Waals surface area contributed by atoms with Gasteiger partial charge in [-0.3, -0.25) is 0 Å². The van der Waals surface area contributed by atoms with Gasteiger partial charge in [-0.25, -0.2) is 0 Å². The number of hydrogen-bond acceptors (Lipinski definition) is 5. The molecule has 0 radical (unpaired) electrons. The second-order valence-corrected chi connectivity index (χ2v) is 6.18. The van der Waals surface area contributed by atoms with Gasteiger partial charge in [0.2, 0.25) is 0 Å². The van der Waals surface area contributed by atoms with Crippen molar-refractivity contribution in [2.75, 3.05) is 11.6 Å². The molecule has 4 nitrogen and oxygen atoms in total. The van der Waals surface area contributed by atoms with E-state index in [9.17, 15) is 5.26 Å². The van der Waals surface area contributed by atoms with Gasteiger partial charge in [0.15, 0.2) is 5.69 Å². The summed E-state index contributed by atoms with van der Waals surface area (Å²) >= 11 is 1.78. The van der Waals surface area contributed by atoms with E-state index in [4.69, 9.17) is 0 Å². The van der Waals surface area contributed by atoms with Crippen molar-refractivity contribution in [3.63, 3.8) is 0 Å². The fourth-order valence-corrected chi connectivity index (χ4v) is 2.99. The van der Waals surface area contributed by atoms with Crippen LogP contribution in [0.5, 0.6) is 0 Å². The maximum Gasteiger partial charge on any atom is 0.187 e. The first-order valence-corrected chi connectivity index (χ1v) is 8.62. The molecule has 2 aromatic carbocycles. The van der Waals surface area contributed by atoms with Crippen LogP contribution >= 0.6 is 11.8 Å². The van der Waals surface area contributed by atoms with Gasteiger partial charge < -0.3 is 5.32 Å². The Morgan fingerprint density at radius 2 is 2.04 bits per heavy atom. The molecule has 0 amide bonds. The van der Waals surface area contributed by atoms with Crippen molar-refractivity contribution in [1.29, 1.82) is 5.26 Å². The summed E-state index contributed by atoms with van der Waals surface area (Å²) in [4.78, 5) is 0. The molecule has 0 aliphatic carbocycles. The van der Waals surface area contributed by atoms with E-state index < -0.39 is 0 Å². The van der Waals surface area contributed by atoms with E-state index in [-0.39, 0.29) is 0 Å². The van der Waals surface area contributed by atoms with Gasteiger partial charge in [0.1, 0.15) is 6.07 Å². The first-order chi connectivity index (χ1) is 11.2. The second kappa shape index (κ2) is 6.67. The predicted molar refractivity (Wildman–Crippen MR) is 95.9 cm³/mol. The van der Waals surface area contributed by atoms with E-state index in [0.717, 1.165) is 27.9 Å². The summed E-state index contributed by atoms with van der Waals surface area (Å²) in [5, 5.41) is 21.8.